The zero-order valence-electron chi connectivity index (χ0n) is 14.7. The minimum absolute atomic E-state index is 0.0166. The minimum Gasteiger partial charge on any atom is -0.448 e. The van der Waals surface area contributed by atoms with Gasteiger partial charge in [-0.25, -0.2) is 4.79 Å². The highest BCUT2D eigenvalue weighted by Gasteiger charge is 2.37. The number of carbonyl (C=O) groups excluding carboxylic acids is 2. The number of ether oxygens (including phenoxy) is 1. The Hall–Kier alpha value is -3.24. The summed E-state index contributed by atoms with van der Waals surface area (Å²) < 4.78 is 5.61. The van der Waals surface area contributed by atoms with E-state index in [0.29, 0.717) is 13.0 Å². The summed E-state index contributed by atoms with van der Waals surface area (Å²) in [5.74, 6) is -0.402. The first-order chi connectivity index (χ1) is 13.2. The summed E-state index contributed by atoms with van der Waals surface area (Å²) in [4.78, 5) is 28.8. The molecule has 0 spiro atoms. The molecule has 27 heavy (non-hydrogen) atoms. The Labute approximate surface area is 157 Å². The number of hydrogen-bond acceptors (Lipinski definition) is 3. The molecule has 2 aliphatic rings. The van der Waals surface area contributed by atoms with Gasteiger partial charge in [0.15, 0.2) is 0 Å². The van der Waals surface area contributed by atoms with Crippen LogP contribution >= 0.6 is 0 Å². The van der Waals surface area contributed by atoms with Gasteiger partial charge in [0.05, 0.1) is 0 Å². The molecule has 6 nitrogen and oxygen atoms in total. The van der Waals surface area contributed by atoms with Crippen molar-refractivity contribution in [3.63, 3.8) is 0 Å². The van der Waals surface area contributed by atoms with Crippen molar-refractivity contribution in [2.45, 2.75) is 24.8 Å². The van der Waals surface area contributed by atoms with Crippen molar-refractivity contribution in [1.82, 2.24) is 4.90 Å². The van der Waals surface area contributed by atoms with Gasteiger partial charge in [-0.1, -0.05) is 48.5 Å². The van der Waals surface area contributed by atoms with Crippen LogP contribution in [-0.4, -0.2) is 47.0 Å². The molecule has 2 aromatic carbocycles. The van der Waals surface area contributed by atoms with Crippen molar-refractivity contribution in [2.75, 3.05) is 13.2 Å². The van der Waals surface area contributed by atoms with Gasteiger partial charge in [0.1, 0.15) is 12.6 Å². The second kappa shape index (κ2) is 7.17. The predicted molar refractivity (Wildman–Crippen MR) is 99.5 cm³/mol. The maximum absolute atomic E-state index is 12.6. The summed E-state index contributed by atoms with van der Waals surface area (Å²) >= 11 is 0. The Balaban J connectivity index is 1.51. The Kier molecular flexibility index (Phi) is 4.57. The molecular formula is C21H19N3O3. The number of rotatable bonds is 4. The molecule has 0 saturated carbocycles. The Morgan fingerprint density at radius 3 is 2.37 bits per heavy atom. The zero-order valence-corrected chi connectivity index (χ0v) is 14.7. The second-order valence-electron chi connectivity index (χ2n) is 6.80. The summed E-state index contributed by atoms with van der Waals surface area (Å²) in [5.41, 5.74) is 13.2. The molecule has 1 aliphatic carbocycles. The van der Waals surface area contributed by atoms with Gasteiger partial charge in [-0.2, -0.15) is 4.79 Å². The number of carbonyl (C=O) groups is 2. The van der Waals surface area contributed by atoms with Crippen LogP contribution in [0, 0.1) is 0 Å². The van der Waals surface area contributed by atoms with Crippen molar-refractivity contribution >= 4 is 18.1 Å². The van der Waals surface area contributed by atoms with Crippen LogP contribution in [-0.2, 0) is 9.53 Å². The molecule has 4 rings (SSSR count). The number of ketones is 1. The summed E-state index contributed by atoms with van der Waals surface area (Å²) in [6.07, 6.45) is 1.62. The number of likely N-dealkylation sites (tertiary alicyclic amines) is 1. The maximum Gasteiger partial charge on any atom is 0.410 e. The lowest BCUT2D eigenvalue weighted by molar-refractivity contribution is -0.119. The number of amides is 1. The molecule has 0 aromatic heterocycles. The first kappa shape index (κ1) is 17.2. The molecule has 0 N–H and O–H groups in total. The van der Waals surface area contributed by atoms with Crippen LogP contribution in [0.25, 0.3) is 16.7 Å². The average Bonchev–Trinajstić information content (AvgIpc) is 3.30. The number of hydrogen-bond donors (Lipinski definition) is 0. The van der Waals surface area contributed by atoms with Gasteiger partial charge in [0.25, 0.3) is 5.78 Å². The third kappa shape index (κ3) is 3.04. The van der Waals surface area contributed by atoms with E-state index in [1.165, 1.54) is 16.0 Å². The number of benzene rings is 2. The highest BCUT2D eigenvalue weighted by molar-refractivity contribution is 6.28. The first-order valence-corrected chi connectivity index (χ1v) is 9.03. The van der Waals surface area contributed by atoms with Gasteiger partial charge in [0.2, 0.25) is 0 Å². The lowest BCUT2D eigenvalue weighted by Gasteiger charge is -2.22. The summed E-state index contributed by atoms with van der Waals surface area (Å²) in [6, 6.07) is 15.7. The van der Waals surface area contributed by atoms with Crippen molar-refractivity contribution in [3.8, 4) is 11.1 Å². The van der Waals surface area contributed by atoms with Gasteiger partial charge >= 0.3 is 12.3 Å². The topological polar surface area (TPSA) is 83.0 Å². The molecule has 1 atom stereocenters. The Bertz CT molecular complexity index is 904. The van der Waals surface area contributed by atoms with Gasteiger partial charge in [-0.05, 0) is 35.1 Å². The Morgan fingerprint density at radius 1 is 1.11 bits per heavy atom. The van der Waals surface area contributed by atoms with E-state index in [9.17, 15) is 9.59 Å². The van der Waals surface area contributed by atoms with E-state index in [-0.39, 0.29) is 18.3 Å². The van der Waals surface area contributed by atoms with E-state index in [4.69, 9.17) is 10.3 Å². The van der Waals surface area contributed by atoms with Crippen LogP contribution < -0.4 is 0 Å². The fraction of sp³-hybridized carbons (Fsp3) is 0.286. The molecule has 136 valence electrons. The van der Waals surface area contributed by atoms with E-state index < -0.39 is 12.1 Å². The highest BCUT2D eigenvalue weighted by Crippen LogP contribution is 2.44. The fourth-order valence-corrected chi connectivity index (χ4v) is 4.10. The molecule has 0 unspecified atom stereocenters. The standard InChI is InChI=1S/C21H19N3O3/c22-23-12-20(25)19-10-5-11-24(19)21(26)27-13-18-16-8-3-1-6-14(16)15-7-2-4-9-17(15)18/h1-4,6-9,12,18-19H,5,10-11,13H2/t19-/m0/s1. The quantitative estimate of drug-likeness (QED) is 0.476. The minimum atomic E-state index is -0.614. The number of Topliss-reactive ketones (excluding diaryl/α,β-unsaturated/α-hetero) is 1. The molecular weight excluding hydrogens is 342 g/mol. The SMILES string of the molecule is [N-]=[N+]=CC(=O)[C@@H]1CCCN1C(=O)OCC1c2ccccc2-c2ccccc21. The lowest BCUT2D eigenvalue weighted by Crippen LogP contribution is -2.41. The third-order valence-corrected chi connectivity index (χ3v) is 5.34. The number of fused-ring (bicyclic) bond motifs is 3. The van der Waals surface area contributed by atoms with Crippen LogP contribution in [0.3, 0.4) is 0 Å². The normalized spacial score (nSPS) is 17.8. The van der Waals surface area contributed by atoms with Crippen LogP contribution in [0.5, 0.6) is 0 Å². The van der Waals surface area contributed by atoms with Crippen molar-refractivity contribution in [2.24, 2.45) is 0 Å². The molecule has 1 heterocycles. The molecule has 1 fully saturated rings. The Morgan fingerprint density at radius 2 is 1.74 bits per heavy atom. The smallest absolute Gasteiger partial charge is 0.410 e. The fourth-order valence-electron chi connectivity index (χ4n) is 4.10. The largest absolute Gasteiger partial charge is 0.448 e. The molecule has 0 bridgehead atoms. The zero-order chi connectivity index (χ0) is 18.8. The molecule has 1 amide bonds. The van der Waals surface area contributed by atoms with Gasteiger partial charge < -0.3 is 10.3 Å². The summed E-state index contributed by atoms with van der Waals surface area (Å²) in [7, 11) is 0. The van der Waals surface area contributed by atoms with E-state index in [1.54, 1.807) is 0 Å². The van der Waals surface area contributed by atoms with E-state index in [1.807, 2.05) is 24.3 Å². The summed E-state index contributed by atoms with van der Waals surface area (Å²) in [5, 5.41) is 0. The average molecular weight is 361 g/mol. The maximum atomic E-state index is 12.6. The summed E-state index contributed by atoms with van der Waals surface area (Å²) in [6.45, 7) is 0.685. The van der Waals surface area contributed by atoms with Crippen molar-refractivity contribution < 1.29 is 19.1 Å². The van der Waals surface area contributed by atoms with E-state index in [2.05, 4.69) is 29.1 Å². The molecule has 6 heteroatoms. The van der Waals surface area contributed by atoms with Gasteiger partial charge in [-0.3, -0.25) is 9.69 Å². The molecule has 1 saturated heterocycles. The van der Waals surface area contributed by atoms with Crippen LogP contribution in [0.15, 0.2) is 48.5 Å². The van der Waals surface area contributed by atoms with E-state index in [0.717, 1.165) is 23.8 Å². The molecule has 0 radical (unpaired) electrons. The second-order valence-corrected chi connectivity index (χ2v) is 6.80. The first-order valence-electron chi connectivity index (χ1n) is 9.03. The van der Waals surface area contributed by atoms with E-state index >= 15 is 0 Å². The monoisotopic (exact) mass is 361 g/mol. The van der Waals surface area contributed by atoms with Crippen molar-refractivity contribution in [1.29, 1.82) is 0 Å². The predicted octanol–water partition coefficient (Wildman–Crippen LogP) is 3.27. The third-order valence-electron chi connectivity index (χ3n) is 5.34. The number of nitrogens with zero attached hydrogens (tertiary/aromatic N) is 3. The van der Waals surface area contributed by atoms with Crippen LogP contribution in [0.1, 0.15) is 29.9 Å². The van der Waals surface area contributed by atoms with Gasteiger partial charge in [-0.15, -0.1) is 0 Å². The molecule has 1 aliphatic heterocycles. The van der Waals surface area contributed by atoms with Crippen molar-refractivity contribution in [3.05, 3.63) is 65.2 Å². The van der Waals surface area contributed by atoms with Gasteiger partial charge in [0, 0.05) is 12.5 Å². The highest BCUT2D eigenvalue weighted by atomic mass is 16.6. The van der Waals surface area contributed by atoms with Crippen LogP contribution in [0.2, 0.25) is 0 Å². The van der Waals surface area contributed by atoms with Crippen LogP contribution in [0.4, 0.5) is 4.79 Å². The lowest BCUT2D eigenvalue weighted by atomic mass is 9.98. The molecule has 2 aromatic rings.